The van der Waals surface area contributed by atoms with Gasteiger partial charge in [0, 0.05) is 22.1 Å². The molecule has 0 saturated heterocycles. The van der Waals surface area contributed by atoms with Crippen LogP contribution in [0.3, 0.4) is 0 Å². The summed E-state index contributed by atoms with van der Waals surface area (Å²) < 4.78 is 0. The van der Waals surface area contributed by atoms with Gasteiger partial charge < -0.3 is 4.90 Å². The first kappa shape index (κ1) is 36.8. The minimum Gasteiger partial charge on any atom is -0.309 e. The number of benzene rings is 9. The Morgan fingerprint density at radius 1 is 0.373 bits per heavy atom. The van der Waals surface area contributed by atoms with Crippen molar-refractivity contribution in [3.8, 4) is 55.6 Å². The van der Waals surface area contributed by atoms with Crippen molar-refractivity contribution >= 4 is 51.9 Å². The third-order valence-electron chi connectivity index (χ3n) is 12.4. The predicted octanol–water partition coefficient (Wildman–Crippen LogP) is 16.0. The van der Waals surface area contributed by atoms with Gasteiger partial charge in [-0.2, -0.15) is 0 Å². The molecule has 2 heteroatoms. The van der Waals surface area contributed by atoms with Gasteiger partial charge >= 0.3 is 0 Å². The third kappa shape index (κ3) is 6.31. The van der Waals surface area contributed by atoms with Crippen LogP contribution in [0.4, 0.5) is 17.1 Å². The van der Waals surface area contributed by atoms with E-state index in [4.69, 9.17) is 0 Å². The fourth-order valence-electron chi connectivity index (χ4n) is 9.30. The molecule has 0 unspecified atom stereocenters. The van der Waals surface area contributed by atoms with Crippen molar-refractivity contribution in [3.05, 3.63) is 194 Å². The number of nitrogens with zero attached hydrogens (tertiary/aromatic N) is 1. The molecular formula is C57H49NSi. The highest BCUT2D eigenvalue weighted by molar-refractivity contribution is 6.88. The van der Waals surface area contributed by atoms with Crippen molar-refractivity contribution in [2.24, 2.45) is 0 Å². The molecule has 0 heterocycles. The molecule has 1 aliphatic rings. The minimum absolute atomic E-state index is 0.0579. The van der Waals surface area contributed by atoms with E-state index in [0.717, 1.165) is 11.4 Å². The molecule has 0 atom stereocenters. The van der Waals surface area contributed by atoms with E-state index in [1.165, 1.54) is 93.6 Å². The maximum Gasteiger partial charge on any atom is 0.0775 e. The summed E-state index contributed by atoms with van der Waals surface area (Å²) in [7, 11) is -1.50. The summed E-state index contributed by atoms with van der Waals surface area (Å²) >= 11 is 0. The molecule has 286 valence electrons. The van der Waals surface area contributed by atoms with Crippen molar-refractivity contribution in [3.63, 3.8) is 0 Å². The number of hydrogen-bond acceptors (Lipinski definition) is 1. The van der Waals surface area contributed by atoms with E-state index in [-0.39, 0.29) is 5.41 Å². The molecule has 1 nitrogen and oxygen atoms in total. The zero-order chi connectivity index (χ0) is 40.5. The van der Waals surface area contributed by atoms with Crippen LogP contribution in [-0.2, 0) is 5.41 Å². The Morgan fingerprint density at radius 3 is 1.17 bits per heavy atom. The molecular weight excluding hydrogens is 727 g/mol. The van der Waals surface area contributed by atoms with Gasteiger partial charge in [-0.05, 0) is 108 Å². The topological polar surface area (TPSA) is 3.24 Å². The molecule has 0 spiro atoms. The molecule has 0 bridgehead atoms. The summed E-state index contributed by atoms with van der Waals surface area (Å²) in [6, 6.07) is 70.7. The molecule has 9 aromatic rings. The Hall–Kier alpha value is -6.48. The van der Waals surface area contributed by atoms with Gasteiger partial charge in [-0.1, -0.05) is 203 Å². The molecule has 0 amide bonds. The molecule has 59 heavy (non-hydrogen) atoms. The van der Waals surface area contributed by atoms with Gasteiger partial charge in [-0.15, -0.1) is 0 Å². The van der Waals surface area contributed by atoms with Crippen LogP contribution in [0.15, 0.2) is 188 Å². The van der Waals surface area contributed by atoms with E-state index in [1.54, 1.807) is 0 Å². The summed E-state index contributed by atoms with van der Waals surface area (Å²) in [6.07, 6.45) is 0. The van der Waals surface area contributed by atoms with Crippen molar-refractivity contribution < 1.29 is 0 Å². The van der Waals surface area contributed by atoms with Gasteiger partial charge in [-0.3, -0.25) is 0 Å². The van der Waals surface area contributed by atoms with E-state index < -0.39 is 8.07 Å². The average Bonchev–Trinajstić information content (AvgIpc) is 3.25. The van der Waals surface area contributed by atoms with Gasteiger partial charge in [0.05, 0.1) is 13.8 Å². The maximum absolute atomic E-state index is 2.50. The number of rotatable bonds is 5. The molecule has 0 radical (unpaired) electrons. The average molecular weight is 776 g/mol. The van der Waals surface area contributed by atoms with Crippen molar-refractivity contribution in [2.45, 2.75) is 45.8 Å². The summed E-state index contributed by atoms with van der Waals surface area (Å²) in [4.78, 5) is 2.50. The van der Waals surface area contributed by atoms with Gasteiger partial charge in [0.15, 0.2) is 0 Å². The second kappa shape index (κ2) is 14.1. The van der Waals surface area contributed by atoms with Crippen LogP contribution in [0.2, 0.25) is 19.6 Å². The van der Waals surface area contributed by atoms with E-state index in [1.807, 2.05) is 0 Å². The van der Waals surface area contributed by atoms with Crippen LogP contribution in [0.5, 0.6) is 0 Å². The summed E-state index contributed by atoms with van der Waals surface area (Å²) in [5, 5.41) is 6.38. The van der Waals surface area contributed by atoms with Crippen LogP contribution in [0.25, 0.3) is 77.2 Å². The molecule has 10 rings (SSSR count). The normalized spacial score (nSPS) is 12.2. The number of hydrogen-bond donors (Lipinski definition) is 0. The van der Waals surface area contributed by atoms with Gasteiger partial charge in [0.1, 0.15) is 0 Å². The molecule has 0 fully saturated rings. The zero-order valence-electron chi connectivity index (χ0n) is 34.8. The minimum atomic E-state index is -1.50. The van der Waals surface area contributed by atoms with Crippen LogP contribution in [0.1, 0.15) is 26.3 Å². The van der Waals surface area contributed by atoms with E-state index >= 15 is 0 Å². The quantitative estimate of drug-likeness (QED) is 0.124. The first-order valence-electron chi connectivity index (χ1n) is 20.9. The summed E-state index contributed by atoms with van der Waals surface area (Å²) in [5.41, 5.74) is 17.4. The zero-order valence-corrected chi connectivity index (χ0v) is 35.8. The third-order valence-corrected chi connectivity index (χ3v) is 14.4. The highest BCUT2D eigenvalue weighted by Crippen LogP contribution is 2.51. The highest BCUT2D eigenvalue weighted by Gasteiger charge is 2.26. The second-order valence-corrected chi connectivity index (χ2v) is 23.2. The Bertz CT molecular complexity index is 2930. The molecule has 0 N–H and O–H groups in total. The van der Waals surface area contributed by atoms with Crippen molar-refractivity contribution in [1.82, 2.24) is 0 Å². The summed E-state index contributed by atoms with van der Waals surface area (Å²) in [6.45, 7) is 14.1. The van der Waals surface area contributed by atoms with E-state index in [2.05, 4.69) is 233 Å². The molecule has 0 saturated carbocycles. The van der Waals surface area contributed by atoms with Crippen molar-refractivity contribution in [2.75, 3.05) is 4.90 Å². The fraction of sp³-hybridized carbons (Fsp3) is 0.123. The first-order chi connectivity index (χ1) is 28.6. The Labute approximate surface area is 350 Å². The second-order valence-electron chi connectivity index (χ2n) is 18.1. The molecule has 0 aromatic heterocycles. The van der Waals surface area contributed by atoms with E-state index in [0.29, 0.717) is 0 Å². The van der Waals surface area contributed by atoms with E-state index in [9.17, 15) is 0 Å². The first-order valence-corrected chi connectivity index (χ1v) is 24.4. The Balaban J connectivity index is 1.25. The Morgan fingerprint density at radius 2 is 0.746 bits per heavy atom. The lowest BCUT2D eigenvalue weighted by molar-refractivity contribution is 0.590. The van der Waals surface area contributed by atoms with Crippen molar-refractivity contribution in [1.29, 1.82) is 0 Å². The highest BCUT2D eigenvalue weighted by atomic mass is 28.3. The van der Waals surface area contributed by atoms with Gasteiger partial charge in [0.25, 0.3) is 0 Å². The lowest BCUT2D eigenvalue weighted by atomic mass is 9.79. The summed E-state index contributed by atoms with van der Waals surface area (Å²) in [5.74, 6) is 0. The number of anilines is 3. The standard InChI is InChI=1S/C57H49NSi/c1-57(2,3)39-28-30-40(31-29-39)58(41-32-34-42(35-33-41)59(4,5)6)56-52-25-15-13-23-50(52)55(51-24-14-16-26-53(51)56)38-27-36-49-47-21-10-9-19-45(47)43-17-7-8-18-44(43)46-20-11-12-22-48(46)54(49)37-38/h7-37H,1-6H3. The number of fused-ring (bicyclic) bond motifs is 10. The van der Waals surface area contributed by atoms with Crippen LogP contribution in [0, 0.1) is 0 Å². The molecule has 0 aliphatic heterocycles. The van der Waals surface area contributed by atoms with Crippen LogP contribution < -0.4 is 10.1 Å². The van der Waals surface area contributed by atoms with Crippen LogP contribution >= 0.6 is 0 Å². The monoisotopic (exact) mass is 775 g/mol. The fourth-order valence-corrected chi connectivity index (χ4v) is 10.5. The smallest absolute Gasteiger partial charge is 0.0775 e. The van der Waals surface area contributed by atoms with Gasteiger partial charge in [-0.25, -0.2) is 0 Å². The molecule has 9 aromatic carbocycles. The maximum atomic E-state index is 2.50. The Kier molecular flexibility index (Phi) is 8.81. The predicted molar refractivity (Wildman–Crippen MR) is 259 cm³/mol. The van der Waals surface area contributed by atoms with Crippen LogP contribution in [-0.4, -0.2) is 8.07 Å². The van der Waals surface area contributed by atoms with Gasteiger partial charge in [0.2, 0.25) is 0 Å². The SMILES string of the molecule is CC(C)(C)c1ccc(N(c2ccc([Si](C)(C)C)cc2)c2c3ccccc3c(-c3ccc4c(c3)-c3ccccc3-c3ccccc3-c3ccccc3-4)c3ccccc23)cc1. The lowest BCUT2D eigenvalue weighted by Gasteiger charge is -2.31. The largest absolute Gasteiger partial charge is 0.309 e. The molecule has 1 aliphatic carbocycles. The lowest BCUT2D eigenvalue weighted by Crippen LogP contribution is -2.37.